The Bertz CT molecular complexity index is 1640. The second-order valence-electron chi connectivity index (χ2n) is 9.14. The van der Waals surface area contributed by atoms with Gasteiger partial charge in [0.2, 0.25) is 0 Å². The van der Waals surface area contributed by atoms with Crippen molar-refractivity contribution in [2.24, 2.45) is 0 Å². The van der Waals surface area contributed by atoms with Crippen LogP contribution in [-0.4, -0.2) is 23.3 Å². The van der Waals surface area contributed by atoms with Gasteiger partial charge in [-0.25, -0.2) is 4.39 Å². The van der Waals surface area contributed by atoms with Crippen molar-refractivity contribution in [2.75, 3.05) is 11.9 Å². The van der Waals surface area contributed by atoms with Crippen molar-refractivity contribution >= 4 is 28.3 Å². The summed E-state index contributed by atoms with van der Waals surface area (Å²) in [7, 11) is 0. The monoisotopic (exact) mass is 490 g/mol. The summed E-state index contributed by atoms with van der Waals surface area (Å²) in [6, 6.07) is 28.6. The lowest BCUT2D eigenvalue weighted by molar-refractivity contribution is 0.0729. The molecule has 2 heterocycles. The first kappa shape index (κ1) is 22.7. The molecule has 37 heavy (non-hydrogen) atoms. The van der Waals surface area contributed by atoms with E-state index in [1.54, 1.807) is 4.90 Å². The molecule has 4 aromatic carbocycles. The fraction of sp³-hybridized carbons (Fsp3) is 0.0968. The van der Waals surface area contributed by atoms with Crippen LogP contribution in [0.2, 0.25) is 0 Å². The number of amides is 2. The summed E-state index contributed by atoms with van der Waals surface area (Å²) in [5.74, 6) is 0.850. The zero-order valence-corrected chi connectivity index (χ0v) is 19.9. The van der Waals surface area contributed by atoms with Gasteiger partial charge in [0.15, 0.2) is 0 Å². The summed E-state index contributed by atoms with van der Waals surface area (Å²) in [6.07, 6.45) is 0.598. The molecule has 1 N–H and O–H groups in total. The number of nitrogens with one attached hydrogen (secondary N) is 1. The fourth-order valence-corrected chi connectivity index (χ4v) is 4.71. The molecule has 6 heteroatoms. The van der Waals surface area contributed by atoms with Crippen molar-refractivity contribution in [3.05, 3.63) is 125 Å². The van der Waals surface area contributed by atoms with Gasteiger partial charge in [0, 0.05) is 47.5 Å². The Hall–Kier alpha value is -4.71. The molecule has 6 rings (SSSR count). The summed E-state index contributed by atoms with van der Waals surface area (Å²) in [5, 5.41) is 5.07. The fourth-order valence-electron chi connectivity index (χ4n) is 4.71. The Morgan fingerprint density at radius 1 is 0.811 bits per heavy atom. The maximum Gasteiger partial charge on any atom is 0.255 e. The van der Waals surface area contributed by atoms with Crippen molar-refractivity contribution in [2.45, 2.75) is 13.0 Å². The minimum atomic E-state index is -0.368. The van der Waals surface area contributed by atoms with Crippen molar-refractivity contribution in [3.63, 3.8) is 0 Å². The third-order valence-corrected chi connectivity index (χ3v) is 6.66. The molecule has 0 fully saturated rings. The van der Waals surface area contributed by atoms with Crippen LogP contribution in [0.4, 0.5) is 10.1 Å². The molecule has 0 unspecified atom stereocenters. The molecule has 1 aliphatic heterocycles. The van der Waals surface area contributed by atoms with E-state index in [1.807, 2.05) is 72.8 Å². The molecule has 0 saturated carbocycles. The first-order valence-electron chi connectivity index (χ1n) is 12.1. The summed E-state index contributed by atoms with van der Waals surface area (Å²) in [5.41, 5.74) is 3.49. The van der Waals surface area contributed by atoms with Crippen molar-refractivity contribution in [1.82, 2.24) is 4.90 Å². The molecule has 0 bridgehead atoms. The molecule has 0 radical (unpaired) electrons. The summed E-state index contributed by atoms with van der Waals surface area (Å²) in [6.45, 7) is 0.950. The highest BCUT2D eigenvalue weighted by atomic mass is 19.1. The number of furan rings is 1. The van der Waals surface area contributed by atoms with Crippen LogP contribution in [-0.2, 0) is 13.0 Å². The molecular formula is C31H23FN2O3. The Morgan fingerprint density at radius 3 is 2.43 bits per heavy atom. The Kier molecular flexibility index (Phi) is 5.77. The topological polar surface area (TPSA) is 62.6 Å². The molecular weight excluding hydrogens is 467 g/mol. The largest absolute Gasteiger partial charge is 0.461 e. The summed E-state index contributed by atoms with van der Waals surface area (Å²) < 4.78 is 19.4. The molecule has 0 aliphatic carbocycles. The lowest BCUT2D eigenvalue weighted by Crippen LogP contribution is -2.35. The SMILES string of the molecule is O=C(Nc1cccc(-c2cc3c(o2)CCN(C(=O)c2ccc(F)cc2)C3)c1)c1ccc2ccccc2c1. The number of rotatable bonds is 4. The highest BCUT2D eigenvalue weighted by Gasteiger charge is 2.25. The number of carbonyl (C=O) groups excluding carboxylic acids is 2. The number of hydrogen-bond donors (Lipinski definition) is 1. The van der Waals surface area contributed by atoms with E-state index in [0.717, 1.165) is 27.7 Å². The number of hydrogen-bond acceptors (Lipinski definition) is 3. The minimum Gasteiger partial charge on any atom is -0.461 e. The van der Waals surface area contributed by atoms with Crippen LogP contribution < -0.4 is 5.32 Å². The predicted molar refractivity (Wildman–Crippen MR) is 141 cm³/mol. The van der Waals surface area contributed by atoms with E-state index in [0.29, 0.717) is 42.1 Å². The van der Waals surface area contributed by atoms with E-state index < -0.39 is 0 Å². The van der Waals surface area contributed by atoms with Gasteiger partial charge in [-0.2, -0.15) is 0 Å². The maximum absolute atomic E-state index is 13.2. The van der Waals surface area contributed by atoms with Gasteiger partial charge in [0.1, 0.15) is 17.3 Å². The first-order chi connectivity index (χ1) is 18.0. The summed E-state index contributed by atoms with van der Waals surface area (Å²) >= 11 is 0. The number of anilines is 1. The van der Waals surface area contributed by atoms with E-state index in [-0.39, 0.29) is 17.6 Å². The number of fused-ring (bicyclic) bond motifs is 2. The third kappa shape index (κ3) is 4.61. The zero-order valence-electron chi connectivity index (χ0n) is 19.9. The molecule has 5 nitrogen and oxygen atoms in total. The van der Waals surface area contributed by atoms with E-state index in [4.69, 9.17) is 4.42 Å². The first-order valence-corrected chi connectivity index (χ1v) is 12.1. The van der Waals surface area contributed by atoms with Gasteiger partial charge < -0.3 is 14.6 Å². The van der Waals surface area contributed by atoms with Gasteiger partial charge in [-0.05, 0) is 65.4 Å². The van der Waals surface area contributed by atoms with Gasteiger partial charge in [-0.1, -0.05) is 42.5 Å². The molecule has 0 atom stereocenters. The molecule has 1 aromatic heterocycles. The van der Waals surface area contributed by atoms with Crippen molar-refractivity contribution in [3.8, 4) is 11.3 Å². The lowest BCUT2D eigenvalue weighted by Gasteiger charge is -2.26. The predicted octanol–water partition coefficient (Wildman–Crippen LogP) is 6.69. The number of benzene rings is 4. The Morgan fingerprint density at radius 2 is 1.59 bits per heavy atom. The third-order valence-electron chi connectivity index (χ3n) is 6.66. The number of halogens is 1. The maximum atomic E-state index is 13.2. The normalized spacial score (nSPS) is 12.8. The second kappa shape index (κ2) is 9.39. The molecule has 0 spiro atoms. The van der Waals surface area contributed by atoms with Crippen LogP contribution in [0.25, 0.3) is 22.1 Å². The van der Waals surface area contributed by atoms with Crippen LogP contribution in [0.5, 0.6) is 0 Å². The molecule has 5 aromatic rings. The van der Waals surface area contributed by atoms with Crippen LogP contribution in [0.15, 0.2) is 101 Å². The van der Waals surface area contributed by atoms with E-state index in [2.05, 4.69) is 5.32 Å². The summed E-state index contributed by atoms with van der Waals surface area (Å²) in [4.78, 5) is 27.5. The standard InChI is InChI=1S/C31H23FN2O3/c32-26-12-10-21(11-13-26)31(36)34-15-14-28-25(19-34)18-29(37-28)23-6-3-7-27(17-23)33-30(35)24-9-8-20-4-1-2-5-22(20)16-24/h1-13,16-18H,14-15,19H2,(H,33,35). The van der Waals surface area contributed by atoms with Gasteiger partial charge in [-0.15, -0.1) is 0 Å². The second-order valence-corrected chi connectivity index (χ2v) is 9.14. The van der Waals surface area contributed by atoms with Crippen molar-refractivity contribution in [1.29, 1.82) is 0 Å². The van der Waals surface area contributed by atoms with Crippen molar-refractivity contribution < 1.29 is 18.4 Å². The zero-order chi connectivity index (χ0) is 25.4. The minimum absolute atomic E-state index is 0.133. The molecule has 1 aliphatic rings. The average molecular weight is 491 g/mol. The average Bonchev–Trinajstić information content (AvgIpc) is 3.37. The Balaban J connectivity index is 1.19. The highest BCUT2D eigenvalue weighted by molar-refractivity contribution is 6.06. The van der Waals surface area contributed by atoms with Gasteiger partial charge >= 0.3 is 0 Å². The van der Waals surface area contributed by atoms with Crippen LogP contribution in [0.1, 0.15) is 32.0 Å². The lowest BCUT2D eigenvalue weighted by atomic mass is 10.1. The number of carbonyl (C=O) groups is 2. The van der Waals surface area contributed by atoms with E-state index in [9.17, 15) is 14.0 Å². The van der Waals surface area contributed by atoms with Gasteiger partial charge in [0.25, 0.3) is 11.8 Å². The quantitative estimate of drug-likeness (QED) is 0.305. The van der Waals surface area contributed by atoms with Gasteiger partial charge in [-0.3, -0.25) is 9.59 Å². The molecule has 2 amide bonds. The molecule has 182 valence electrons. The smallest absolute Gasteiger partial charge is 0.255 e. The van der Waals surface area contributed by atoms with Gasteiger partial charge in [0.05, 0.1) is 0 Å². The van der Waals surface area contributed by atoms with E-state index in [1.165, 1.54) is 24.3 Å². The van der Waals surface area contributed by atoms with Crippen LogP contribution >= 0.6 is 0 Å². The van der Waals surface area contributed by atoms with E-state index >= 15 is 0 Å². The van der Waals surface area contributed by atoms with Crippen LogP contribution in [0, 0.1) is 5.82 Å². The Labute approximate surface area is 213 Å². The molecule has 0 saturated heterocycles. The number of nitrogens with zero attached hydrogens (tertiary/aromatic N) is 1. The van der Waals surface area contributed by atoms with Crippen LogP contribution in [0.3, 0.4) is 0 Å². The highest BCUT2D eigenvalue weighted by Crippen LogP contribution is 2.31.